The van der Waals surface area contributed by atoms with Crippen LogP contribution >= 0.6 is 11.8 Å². The first-order valence-corrected chi connectivity index (χ1v) is 8.39. The van der Waals surface area contributed by atoms with Gasteiger partial charge in [-0.3, -0.25) is 0 Å². The average molecular weight is 301 g/mol. The second-order valence-corrected chi connectivity index (χ2v) is 6.72. The predicted octanol–water partition coefficient (Wildman–Crippen LogP) is 3.86. The summed E-state index contributed by atoms with van der Waals surface area (Å²) >= 11 is 1.82. The van der Waals surface area contributed by atoms with Crippen LogP contribution in [0.2, 0.25) is 0 Å². The zero-order valence-corrected chi connectivity index (χ0v) is 13.2. The van der Waals surface area contributed by atoms with Crippen LogP contribution in [0.5, 0.6) is 0 Å². The summed E-state index contributed by atoms with van der Waals surface area (Å²) in [6, 6.07) is 18.9. The number of hydrogen-bond acceptors (Lipinski definition) is 3. The van der Waals surface area contributed by atoms with Gasteiger partial charge in [-0.2, -0.15) is 11.8 Å². The van der Waals surface area contributed by atoms with Gasteiger partial charge in [0.1, 0.15) is 0 Å². The Labute approximate surface area is 131 Å². The topological polar surface area (TPSA) is 46.2 Å². The maximum Gasteiger partial charge on any atom is 0.0441 e. The number of aliphatic hydroxyl groups is 1. The molecule has 0 aliphatic heterocycles. The summed E-state index contributed by atoms with van der Waals surface area (Å²) in [5.41, 5.74) is 9.85. The van der Waals surface area contributed by atoms with Crippen molar-refractivity contribution in [1.82, 2.24) is 0 Å². The Morgan fingerprint density at radius 2 is 1.62 bits per heavy atom. The van der Waals surface area contributed by atoms with Crippen molar-refractivity contribution in [3.8, 4) is 11.1 Å². The van der Waals surface area contributed by atoms with Crippen molar-refractivity contribution in [1.29, 1.82) is 0 Å². The molecule has 0 aliphatic carbocycles. The first-order valence-electron chi connectivity index (χ1n) is 7.34. The minimum Gasteiger partial charge on any atom is -0.396 e. The van der Waals surface area contributed by atoms with Gasteiger partial charge < -0.3 is 10.8 Å². The van der Waals surface area contributed by atoms with Gasteiger partial charge in [-0.15, -0.1) is 0 Å². The SMILES string of the molecule is CC(CCO)SCC(N)c1ccc(-c2ccccc2)cc1. The number of nitrogens with two attached hydrogens (primary N) is 1. The molecule has 2 unspecified atom stereocenters. The summed E-state index contributed by atoms with van der Waals surface area (Å²) in [4.78, 5) is 0. The zero-order chi connectivity index (χ0) is 15.1. The quantitative estimate of drug-likeness (QED) is 0.816. The highest BCUT2D eigenvalue weighted by molar-refractivity contribution is 7.99. The Hall–Kier alpha value is -1.29. The van der Waals surface area contributed by atoms with Crippen molar-refractivity contribution in [2.45, 2.75) is 24.6 Å². The molecule has 0 saturated heterocycles. The molecule has 2 nitrogen and oxygen atoms in total. The molecule has 2 atom stereocenters. The molecule has 3 N–H and O–H groups in total. The molecule has 0 saturated carbocycles. The second-order valence-electron chi connectivity index (χ2n) is 5.25. The molecular weight excluding hydrogens is 278 g/mol. The smallest absolute Gasteiger partial charge is 0.0441 e. The standard InChI is InChI=1S/C18H23NOS/c1-14(11-12-20)21-13-18(19)17-9-7-16(8-10-17)15-5-3-2-4-6-15/h2-10,14,18,20H,11-13,19H2,1H3. The number of hydrogen-bond donors (Lipinski definition) is 2. The van der Waals surface area contributed by atoms with Crippen LogP contribution in [0.1, 0.15) is 24.9 Å². The summed E-state index contributed by atoms with van der Waals surface area (Å²) in [7, 11) is 0. The monoisotopic (exact) mass is 301 g/mol. The Balaban J connectivity index is 1.95. The minimum atomic E-state index is 0.0426. The van der Waals surface area contributed by atoms with E-state index in [1.165, 1.54) is 16.7 Å². The second kappa shape index (κ2) is 8.23. The van der Waals surface area contributed by atoms with E-state index in [9.17, 15) is 0 Å². The Morgan fingerprint density at radius 3 is 2.24 bits per heavy atom. The molecular formula is C18H23NOS. The van der Waals surface area contributed by atoms with Gasteiger partial charge in [0, 0.05) is 23.7 Å². The van der Waals surface area contributed by atoms with E-state index >= 15 is 0 Å². The van der Waals surface area contributed by atoms with Crippen molar-refractivity contribution in [3.63, 3.8) is 0 Å². The van der Waals surface area contributed by atoms with Crippen LogP contribution in [0.3, 0.4) is 0 Å². The van der Waals surface area contributed by atoms with E-state index in [1.807, 2.05) is 30.0 Å². The third kappa shape index (κ3) is 4.88. The molecule has 2 aromatic carbocycles. The third-order valence-corrected chi connectivity index (χ3v) is 4.90. The normalized spacial score (nSPS) is 13.9. The molecule has 3 heteroatoms. The summed E-state index contributed by atoms with van der Waals surface area (Å²) < 4.78 is 0. The first-order chi connectivity index (χ1) is 10.2. The molecule has 0 fully saturated rings. The summed E-state index contributed by atoms with van der Waals surface area (Å²) in [5, 5.41) is 9.36. The minimum absolute atomic E-state index is 0.0426. The maximum absolute atomic E-state index is 8.91. The molecule has 2 aromatic rings. The first kappa shape index (κ1) is 16.1. The number of benzene rings is 2. The van der Waals surface area contributed by atoms with Crippen molar-refractivity contribution in [2.24, 2.45) is 5.73 Å². The lowest BCUT2D eigenvalue weighted by Crippen LogP contribution is -2.15. The molecule has 112 valence electrons. The van der Waals surface area contributed by atoms with Crippen molar-refractivity contribution in [2.75, 3.05) is 12.4 Å². The Bertz CT molecular complexity index is 527. The lowest BCUT2D eigenvalue weighted by Gasteiger charge is -2.15. The lowest BCUT2D eigenvalue weighted by molar-refractivity contribution is 0.289. The van der Waals surface area contributed by atoms with Gasteiger partial charge >= 0.3 is 0 Å². The summed E-state index contributed by atoms with van der Waals surface area (Å²) in [6.07, 6.45) is 0.824. The van der Waals surface area contributed by atoms with Crippen LogP contribution in [0, 0.1) is 0 Å². The Kier molecular flexibility index (Phi) is 6.30. The van der Waals surface area contributed by atoms with Crippen LogP contribution in [-0.2, 0) is 0 Å². The molecule has 0 bridgehead atoms. The van der Waals surface area contributed by atoms with Crippen LogP contribution in [0.4, 0.5) is 0 Å². The largest absolute Gasteiger partial charge is 0.396 e. The van der Waals surface area contributed by atoms with Gasteiger partial charge in [-0.05, 0) is 23.1 Å². The van der Waals surface area contributed by atoms with Gasteiger partial charge in [0.2, 0.25) is 0 Å². The Morgan fingerprint density at radius 1 is 1.00 bits per heavy atom. The zero-order valence-electron chi connectivity index (χ0n) is 12.4. The van der Waals surface area contributed by atoms with E-state index in [-0.39, 0.29) is 12.6 Å². The highest BCUT2D eigenvalue weighted by Crippen LogP contribution is 2.24. The van der Waals surface area contributed by atoms with Crippen LogP contribution in [0.15, 0.2) is 54.6 Å². The third-order valence-electron chi connectivity index (χ3n) is 3.54. The van der Waals surface area contributed by atoms with Gasteiger partial charge in [0.15, 0.2) is 0 Å². The number of thioether (sulfide) groups is 1. The van der Waals surface area contributed by atoms with E-state index in [0.29, 0.717) is 5.25 Å². The highest BCUT2D eigenvalue weighted by Gasteiger charge is 2.09. The fourth-order valence-electron chi connectivity index (χ4n) is 2.18. The molecule has 0 heterocycles. The maximum atomic E-state index is 8.91. The number of rotatable bonds is 7. The van der Waals surface area contributed by atoms with Crippen molar-refractivity contribution < 1.29 is 5.11 Å². The van der Waals surface area contributed by atoms with Crippen molar-refractivity contribution in [3.05, 3.63) is 60.2 Å². The molecule has 0 aromatic heterocycles. The highest BCUT2D eigenvalue weighted by atomic mass is 32.2. The van der Waals surface area contributed by atoms with Crippen molar-refractivity contribution >= 4 is 11.8 Å². The van der Waals surface area contributed by atoms with Gasteiger partial charge in [0.25, 0.3) is 0 Å². The van der Waals surface area contributed by atoms with Gasteiger partial charge in [0.05, 0.1) is 0 Å². The average Bonchev–Trinajstić information content (AvgIpc) is 2.54. The molecule has 2 rings (SSSR count). The van der Waals surface area contributed by atoms with E-state index < -0.39 is 0 Å². The molecule has 0 radical (unpaired) electrons. The van der Waals surface area contributed by atoms with Crippen LogP contribution < -0.4 is 5.73 Å². The number of aliphatic hydroxyl groups excluding tert-OH is 1. The molecule has 0 aliphatic rings. The van der Waals surface area contributed by atoms with Gasteiger partial charge in [-0.25, -0.2) is 0 Å². The predicted molar refractivity (Wildman–Crippen MR) is 92.4 cm³/mol. The molecule has 0 spiro atoms. The molecule has 0 amide bonds. The summed E-state index contributed by atoms with van der Waals surface area (Å²) in [6.45, 7) is 2.38. The van der Waals surface area contributed by atoms with Crippen LogP contribution in [-0.4, -0.2) is 22.7 Å². The summed E-state index contributed by atoms with van der Waals surface area (Å²) in [5.74, 6) is 0.881. The van der Waals surface area contributed by atoms with E-state index in [4.69, 9.17) is 10.8 Å². The fourth-order valence-corrected chi connectivity index (χ4v) is 3.18. The molecule has 21 heavy (non-hydrogen) atoms. The van der Waals surface area contributed by atoms with E-state index in [0.717, 1.165) is 12.2 Å². The fraction of sp³-hybridized carbons (Fsp3) is 0.333. The van der Waals surface area contributed by atoms with Crippen LogP contribution in [0.25, 0.3) is 11.1 Å². The van der Waals surface area contributed by atoms with Gasteiger partial charge in [-0.1, -0.05) is 61.5 Å². The lowest BCUT2D eigenvalue weighted by atomic mass is 10.0. The van der Waals surface area contributed by atoms with E-state index in [1.54, 1.807) is 0 Å². The van der Waals surface area contributed by atoms with E-state index in [2.05, 4.69) is 43.3 Å².